The lowest BCUT2D eigenvalue weighted by Crippen LogP contribution is -2.67. The van der Waals surface area contributed by atoms with Gasteiger partial charge in [0.2, 0.25) is 11.8 Å². The van der Waals surface area contributed by atoms with Gasteiger partial charge in [0, 0.05) is 12.6 Å². The Bertz CT molecular complexity index is 367. The normalized spacial score (nSPS) is 30.1. The summed E-state index contributed by atoms with van der Waals surface area (Å²) < 4.78 is 0. The number of amides is 2. The Kier molecular flexibility index (Phi) is 3.73. The largest absolute Gasteiger partial charge is 0.329 e. The second-order valence-corrected chi connectivity index (χ2v) is 5.19. The third-order valence-electron chi connectivity index (χ3n) is 4.11. The van der Waals surface area contributed by atoms with Gasteiger partial charge < -0.3 is 9.80 Å². The predicted octanol–water partition coefficient (Wildman–Crippen LogP) is 1.56. The molecule has 2 amide bonds. The van der Waals surface area contributed by atoms with Crippen LogP contribution in [0.4, 0.5) is 0 Å². The minimum absolute atomic E-state index is 0.0736. The van der Waals surface area contributed by atoms with Crippen molar-refractivity contribution in [2.75, 3.05) is 6.54 Å². The molecule has 4 heteroatoms. The molecule has 0 aromatic heterocycles. The Morgan fingerprint density at radius 1 is 1.39 bits per heavy atom. The molecule has 3 unspecified atom stereocenters. The van der Waals surface area contributed by atoms with E-state index in [1.54, 1.807) is 15.9 Å². The van der Waals surface area contributed by atoms with Gasteiger partial charge in [-0.1, -0.05) is 13.0 Å². The van der Waals surface area contributed by atoms with E-state index in [4.69, 9.17) is 0 Å². The van der Waals surface area contributed by atoms with Gasteiger partial charge in [-0.2, -0.15) is 0 Å². The molecular weight excluding hydrogens is 228 g/mol. The SMILES string of the molecule is C=CC(C)N1C(=O)C2CCCCN2C(=O)C1CC. The van der Waals surface area contributed by atoms with Crippen molar-refractivity contribution in [1.29, 1.82) is 0 Å². The molecule has 0 spiro atoms. The number of carbonyl (C=O) groups excluding carboxylic acids is 2. The number of fused-ring (bicyclic) bond motifs is 1. The zero-order chi connectivity index (χ0) is 13.3. The highest BCUT2D eigenvalue weighted by atomic mass is 16.2. The van der Waals surface area contributed by atoms with Crippen LogP contribution in [0.3, 0.4) is 0 Å². The van der Waals surface area contributed by atoms with Gasteiger partial charge in [0.25, 0.3) is 0 Å². The molecule has 2 aliphatic heterocycles. The molecular formula is C14H22N2O2. The molecule has 4 nitrogen and oxygen atoms in total. The van der Waals surface area contributed by atoms with Crippen molar-refractivity contribution in [2.45, 2.75) is 57.7 Å². The summed E-state index contributed by atoms with van der Waals surface area (Å²) in [7, 11) is 0. The Morgan fingerprint density at radius 3 is 2.72 bits per heavy atom. The summed E-state index contributed by atoms with van der Waals surface area (Å²) in [4.78, 5) is 28.6. The van der Waals surface area contributed by atoms with Gasteiger partial charge in [-0.3, -0.25) is 9.59 Å². The molecule has 0 radical (unpaired) electrons. The molecule has 0 N–H and O–H groups in total. The number of carbonyl (C=O) groups is 2. The minimum atomic E-state index is -0.306. The number of piperidine rings is 1. The summed E-state index contributed by atoms with van der Waals surface area (Å²) >= 11 is 0. The quantitative estimate of drug-likeness (QED) is 0.713. The molecule has 2 rings (SSSR count). The highest BCUT2D eigenvalue weighted by Crippen LogP contribution is 2.28. The summed E-state index contributed by atoms with van der Waals surface area (Å²) in [5.74, 6) is 0.226. The molecule has 0 aliphatic carbocycles. The third-order valence-corrected chi connectivity index (χ3v) is 4.11. The first-order valence-electron chi connectivity index (χ1n) is 6.87. The van der Waals surface area contributed by atoms with Crippen LogP contribution in [0.15, 0.2) is 12.7 Å². The number of hydrogen-bond donors (Lipinski definition) is 0. The van der Waals surface area contributed by atoms with E-state index in [9.17, 15) is 9.59 Å². The van der Waals surface area contributed by atoms with E-state index in [1.807, 2.05) is 13.8 Å². The fourth-order valence-electron chi connectivity index (χ4n) is 3.06. The number of nitrogens with zero attached hydrogens (tertiary/aromatic N) is 2. The molecule has 0 saturated carbocycles. The third kappa shape index (κ3) is 1.93. The molecule has 2 saturated heterocycles. The van der Waals surface area contributed by atoms with Crippen molar-refractivity contribution in [3.63, 3.8) is 0 Å². The molecule has 0 bridgehead atoms. The Morgan fingerprint density at radius 2 is 2.11 bits per heavy atom. The molecule has 0 aromatic carbocycles. The van der Waals surface area contributed by atoms with Gasteiger partial charge in [0.15, 0.2) is 0 Å². The monoisotopic (exact) mass is 250 g/mol. The van der Waals surface area contributed by atoms with Crippen molar-refractivity contribution in [2.24, 2.45) is 0 Å². The lowest BCUT2D eigenvalue weighted by atomic mass is 9.93. The van der Waals surface area contributed by atoms with Crippen LogP contribution in [0.2, 0.25) is 0 Å². The molecule has 18 heavy (non-hydrogen) atoms. The lowest BCUT2D eigenvalue weighted by Gasteiger charge is -2.48. The maximum absolute atomic E-state index is 12.6. The lowest BCUT2D eigenvalue weighted by molar-refractivity contribution is -0.165. The van der Waals surface area contributed by atoms with Crippen molar-refractivity contribution in [1.82, 2.24) is 9.80 Å². The van der Waals surface area contributed by atoms with Crippen LogP contribution in [0.25, 0.3) is 0 Å². The highest BCUT2D eigenvalue weighted by molar-refractivity contribution is 5.97. The van der Waals surface area contributed by atoms with E-state index >= 15 is 0 Å². The van der Waals surface area contributed by atoms with Crippen molar-refractivity contribution in [3.8, 4) is 0 Å². The summed E-state index contributed by atoms with van der Waals surface area (Å²) in [6, 6.07) is -0.605. The van der Waals surface area contributed by atoms with Crippen LogP contribution < -0.4 is 0 Å². The molecule has 100 valence electrons. The molecule has 2 aliphatic rings. The molecule has 2 fully saturated rings. The summed E-state index contributed by atoms with van der Waals surface area (Å²) in [5.41, 5.74) is 0. The fraction of sp³-hybridized carbons (Fsp3) is 0.714. The van der Waals surface area contributed by atoms with E-state index in [2.05, 4.69) is 6.58 Å². The number of rotatable bonds is 3. The van der Waals surface area contributed by atoms with Crippen molar-refractivity contribution in [3.05, 3.63) is 12.7 Å². The summed E-state index contributed by atoms with van der Waals surface area (Å²) in [5, 5.41) is 0. The van der Waals surface area contributed by atoms with Gasteiger partial charge in [-0.05, 0) is 32.6 Å². The molecule has 3 atom stereocenters. The number of hydrogen-bond acceptors (Lipinski definition) is 2. The zero-order valence-electron chi connectivity index (χ0n) is 11.3. The highest BCUT2D eigenvalue weighted by Gasteiger charge is 2.46. The van der Waals surface area contributed by atoms with Gasteiger partial charge in [-0.15, -0.1) is 6.58 Å². The minimum Gasteiger partial charge on any atom is -0.329 e. The topological polar surface area (TPSA) is 40.6 Å². The van der Waals surface area contributed by atoms with E-state index in [0.29, 0.717) is 6.42 Å². The summed E-state index contributed by atoms with van der Waals surface area (Å²) in [6.45, 7) is 8.38. The van der Waals surface area contributed by atoms with Crippen LogP contribution in [-0.4, -0.2) is 46.3 Å². The Hall–Kier alpha value is -1.32. The van der Waals surface area contributed by atoms with Gasteiger partial charge in [0.1, 0.15) is 12.1 Å². The standard InChI is InChI=1S/C14H22N2O2/c1-4-10(3)16-11(5-2)13(17)15-9-7-6-8-12(15)14(16)18/h4,10-12H,1,5-9H2,2-3H3. The van der Waals surface area contributed by atoms with Crippen LogP contribution in [0.5, 0.6) is 0 Å². The van der Waals surface area contributed by atoms with Gasteiger partial charge in [-0.25, -0.2) is 0 Å². The smallest absolute Gasteiger partial charge is 0.246 e. The van der Waals surface area contributed by atoms with E-state index < -0.39 is 0 Å². The second kappa shape index (κ2) is 5.12. The first kappa shape index (κ1) is 13.1. The predicted molar refractivity (Wildman–Crippen MR) is 69.9 cm³/mol. The fourth-order valence-corrected chi connectivity index (χ4v) is 3.06. The Balaban J connectivity index is 2.32. The van der Waals surface area contributed by atoms with Gasteiger partial charge >= 0.3 is 0 Å². The van der Waals surface area contributed by atoms with Gasteiger partial charge in [0.05, 0.1) is 0 Å². The maximum Gasteiger partial charge on any atom is 0.246 e. The number of piperazine rings is 1. The maximum atomic E-state index is 12.6. The van der Waals surface area contributed by atoms with E-state index in [-0.39, 0.29) is 29.9 Å². The van der Waals surface area contributed by atoms with Crippen LogP contribution in [0, 0.1) is 0 Å². The molecule has 2 heterocycles. The molecule has 0 aromatic rings. The second-order valence-electron chi connectivity index (χ2n) is 5.19. The Labute approximate surface area is 109 Å². The van der Waals surface area contributed by atoms with Crippen LogP contribution in [-0.2, 0) is 9.59 Å². The average Bonchev–Trinajstić information content (AvgIpc) is 2.41. The van der Waals surface area contributed by atoms with Crippen molar-refractivity contribution < 1.29 is 9.59 Å². The van der Waals surface area contributed by atoms with Crippen molar-refractivity contribution >= 4 is 11.8 Å². The zero-order valence-corrected chi connectivity index (χ0v) is 11.3. The van der Waals surface area contributed by atoms with Crippen LogP contribution in [0.1, 0.15) is 39.5 Å². The first-order valence-corrected chi connectivity index (χ1v) is 6.87. The van der Waals surface area contributed by atoms with Crippen LogP contribution >= 0.6 is 0 Å². The van der Waals surface area contributed by atoms with E-state index in [0.717, 1.165) is 25.8 Å². The average molecular weight is 250 g/mol. The first-order chi connectivity index (χ1) is 8.61. The summed E-state index contributed by atoms with van der Waals surface area (Å²) in [6.07, 6.45) is 5.27. The van der Waals surface area contributed by atoms with E-state index in [1.165, 1.54) is 0 Å².